The average molecular weight is 205 g/mol. The highest BCUT2D eigenvalue weighted by Crippen LogP contribution is 2.52. The minimum atomic E-state index is -2.45. The Morgan fingerprint density at radius 2 is 2.00 bits per heavy atom. The van der Waals surface area contributed by atoms with Crippen molar-refractivity contribution in [3.63, 3.8) is 0 Å². The van der Waals surface area contributed by atoms with Crippen molar-refractivity contribution >= 4 is 0 Å². The van der Waals surface area contributed by atoms with Crippen molar-refractivity contribution in [1.82, 2.24) is 0 Å². The van der Waals surface area contributed by atoms with Crippen molar-refractivity contribution in [1.29, 1.82) is 0 Å². The minimum Gasteiger partial charge on any atom is -0.390 e. The maximum atomic E-state index is 12.6. The van der Waals surface area contributed by atoms with E-state index in [1.165, 1.54) is 0 Å². The molecule has 4 heteroatoms. The number of rotatable bonds is 3. The molecule has 2 aliphatic carbocycles. The van der Waals surface area contributed by atoms with E-state index < -0.39 is 17.4 Å². The van der Waals surface area contributed by atoms with E-state index in [9.17, 15) is 13.9 Å². The highest BCUT2D eigenvalue weighted by molar-refractivity contribution is 4.98. The highest BCUT2D eigenvalue weighted by atomic mass is 19.3. The zero-order chi connectivity index (χ0) is 10.4. The third-order valence-corrected chi connectivity index (χ3v) is 3.54. The van der Waals surface area contributed by atoms with Gasteiger partial charge in [0.15, 0.2) is 0 Å². The van der Waals surface area contributed by atoms with Crippen molar-refractivity contribution in [3.05, 3.63) is 0 Å². The Labute approximate surface area is 82.5 Å². The van der Waals surface area contributed by atoms with Gasteiger partial charge >= 0.3 is 0 Å². The van der Waals surface area contributed by atoms with Gasteiger partial charge in [-0.1, -0.05) is 0 Å². The number of aliphatic hydroxyl groups is 1. The second kappa shape index (κ2) is 3.14. The van der Waals surface area contributed by atoms with E-state index in [4.69, 9.17) is 5.73 Å². The Morgan fingerprint density at radius 3 is 2.43 bits per heavy atom. The summed E-state index contributed by atoms with van der Waals surface area (Å²) in [5, 5.41) is 9.98. The van der Waals surface area contributed by atoms with Crippen LogP contribution in [0.2, 0.25) is 0 Å². The molecule has 2 aliphatic rings. The molecule has 3 unspecified atom stereocenters. The molecule has 3 atom stereocenters. The first kappa shape index (κ1) is 10.3. The molecule has 0 spiro atoms. The van der Waals surface area contributed by atoms with E-state index in [1.54, 1.807) is 0 Å². The smallest absolute Gasteiger partial charge is 0.251 e. The van der Waals surface area contributed by atoms with Crippen LogP contribution in [0.25, 0.3) is 0 Å². The van der Waals surface area contributed by atoms with Crippen LogP contribution in [-0.4, -0.2) is 22.7 Å². The molecule has 2 saturated carbocycles. The van der Waals surface area contributed by atoms with Gasteiger partial charge in [0.2, 0.25) is 0 Å². The van der Waals surface area contributed by atoms with Crippen molar-refractivity contribution in [3.8, 4) is 0 Å². The Kier molecular flexibility index (Phi) is 2.31. The molecule has 2 nitrogen and oxygen atoms in total. The van der Waals surface area contributed by atoms with Gasteiger partial charge in [0.1, 0.15) is 0 Å². The summed E-state index contributed by atoms with van der Waals surface area (Å²) in [7, 11) is 0. The third-order valence-electron chi connectivity index (χ3n) is 3.54. The molecular weight excluding hydrogens is 188 g/mol. The van der Waals surface area contributed by atoms with Crippen molar-refractivity contribution in [2.45, 2.75) is 56.1 Å². The van der Waals surface area contributed by atoms with E-state index in [0.29, 0.717) is 25.7 Å². The van der Waals surface area contributed by atoms with Crippen LogP contribution in [0.1, 0.15) is 38.5 Å². The topological polar surface area (TPSA) is 46.2 Å². The first-order valence-corrected chi connectivity index (χ1v) is 5.27. The molecule has 2 rings (SSSR count). The monoisotopic (exact) mass is 205 g/mol. The van der Waals surface area contributed by atoms with Crippen molar-refractivity contribution < 1.29 is 13.9 Å². The fourth-order valence-electron chi connectivity index (χ4n) is 2.40. The van der Waals surface area contributed by atoms with Crippen LogP contribution in [0.15, 0.2) is 0 Å². The van der Waals surface area contributed by atoms with Crippen LogP contribution in [0.4, 0.5) is 8.78 Å². The van der Waals surface area contributed by atoms with Crippen molar-refractivity contribution in [2.75, 3.05) is 0 Å². The van der Waals surface area contributed by atoms with E-state index in [1.807, 2.05) is 0 Å². The quantitative estimate of drug-likeness (QED) is 0.736. The SMILES string of the molecule is NC1CCC(O)(CCC2CC2(F)F)C1. The van der Waals surface area contributed by atoms with E-state index in [-0.39, 0.29) is 12.5 Å². The summed E-state index contributed by atoms with van der Waals surface area (Å²) >= 11 is 0. The van der Waals surface area contributed by atoms with Crippen LogP contribution in [-0.2, 0) is 0 Å². The fourth-order valence-corrected chi connectivity index (χ4v) is 2.40. The maximum Gasteiger partial charge on any atom is 0.251 e. The first-order chi connectivity index (χ1) is 6.41. The Balaban J connectivity index is 1.76. The molecule has 2 fully saturated rings. The molecule has 0 saturated heterocycles. The van der Waals surface area contributed by atoms with Gasteiger partial charge in [-0.3, -0.25) is 0 Å². The second-order valence-electron chi connectivity index (χ2n) is 4.93. The first-order valence-electron chi connectivity index (χ1n) is 5.27. The number of hydrogen-bond acceptors (Lipinski definition) is 2. The molecular formula is C10H17F2NO. The summed E-state index contributed by atoms with van der Waals surface area (Å²) in [5.41, 5.74) is 4.93. The van der Waals surface area contributed by atoms with Gasteiger partial charge in [0, 0.05) is 18.4 Å². The Morgan fingerprint density at radius 1 is 1.36 bits per heavy atom. The number of halogens is 2. The van der Waals surface area contributed by atoms with Gasteiger partial charge in [0.05, 0.1) is 5.60 Å². The summed E-state index contributed by atoms with van der Waals surface area (Å²) < 4.78 is 25.1. The molecule has 3 N–H and O–H groups in total. The molecule has 0 aromatic heterocycles. The number of nitrogens with two attached hydrogens (primary N) is 1. The Hall–Kier alpha value is -0.220. The van der Waals surface area contributed by atoms with Gasteiger partial charge in [-0.2, -0.15) is 0 Å². The largest absolute Gasteiger partial charge is 0.390 e. The van der Waals surface area contributed by atoms with E-state index >= 15 is 0 Å². The lowest BCUT2D eigenvalue weighted by Gasteiger charge is -2.22. The van der Waals surface area contributed by atoms with Gasteiger partial charge in [-0.05, 0) is 32.1 Å². The highest BCUT2D eigenvalue weighted by Gasteiger charge is 2.56. The molecule has 0 aromatic rings. The fraction of sp³-hybridized carbons (Fsp3) is 1.00. The molecule has 82 valence electrons. The molecule has 0 heterocycles. The molecule has 0 amide bonds. The molecule has 0 aliphatic heterocycles. The van der Waals surface area contributed by atoms with Crippen LogP contribution in [0, 0.1) is 5.92 Å². The molecule has 0 aromatic carbocycles. The van der Waals surface area contributed by atoms with Crippen LogP contribution in [0.3, 0.4) is 0 Å². The molecule has 14 heavy (non-hydrogen) atoms. The molecule has 0 bridgehead atoms. The van der Waals surface area contributed by atoms with Crippen molar-refractivity contribution in [2.24, 2.45) is 11.7 Å². The van der Waals surface area contributed by atoms with Gasteiger partial charge in [-0.15, -0.1) is 0 Å². The lowest BCUT2D eigenvalue weighted by atomic mass is 9.94. The van der Waals surface area contributed by atoms with Crippen LogP contribution >= 0.6 is 0 Å². The van der Waals surface area contributed by atoms with Crippen LogP contribution in [0.5, 0.6) is 0 Å². The third kappa shape index (κ3) is 2.06. The lowest BCUT2D eigenvalue weighted by Crippen LogP contribution is -2.28. The summed E-state index contributed by atoms with van der Waals surface area (Å²) in [6.07, 6.45) is 3.00. The minimum absolute atomic E-state index is 0.00906. The second-order valence-corrected chi connectivity index (χ2v) is 4.93. The summed E-state index contributed by atoms with van der Waals surface area (Å²) in [4.78, 5) is 0. The zero-order valence-corrected chi connectivity index (χ0v) is 8.18. The van der Waals surface area contributed by atoms with Gasteiger partial charge in [0.25, 0.3) is 5.92 Å². The van der Waals surface area contributed by atoms with E-state index in [2.05, 4.69) is 0 Å². The summed E-state index contributed by atoms with van der Waals surface area (Å²) in [6.45, 7) is 0. The predicted octanol–water partition coefficient (Wildman–Crippen LogP) is 1.66. The lowest BCUT2D eigenvalue weighted by molar-refractivity contribution is 0.0275. The Bertz CT molecular complexity index is 234. The normalized spacial score (nSPS) is 45.4. The maximum absolute atomic E-state index is 12.6. The average Bonchev–Trinajstić information content (AvgIpc) is 2.53. The summed E-state index contributed by atoms with van der Waals surface area (Å²) in [5.74, 6) is -2.93. The van der Waals surface area contributed by atoms with Crippen LogP contribution < -0.4 is 5.73 Å². The van der Waals surface area contributed by atoms with Gasteiger partial charge in [-0.25, -0.2) is 8.78 Å². The van der Waals surface area contributed by atoms with Gasteiger partial charge < -0.3 is 10.8 Å². The predicted molar refractivity (Wildman–Crippen MR) is 49.1 cm³/mol. The zero-order valence-electron chi connectivity index (χ0n) is 8.18. The van der Waals surface area contributed by atoms with E-state index in [0.717, 1.165) is 6.42 Å². The molecule has 0 radical (unpaired) electrons. The standard InChI is InChI=1S/C10H17F2NO/c11-10(12)5-7(10)1-3-9(14)4-2-8(13)6-9/h7-8,14H,1-6,13H2. The summed E-state index contributed by atoms with van der Waals surface area (Å²) in [6, 6.07) is 0.0553. The number of hydrogen-bond donors (Lipinski definition) is 2. The number of alkyl halides is 2.